The summed E-state index contributed by atoms with van der Waals surface area (Å²) in [6, 6.07) is 0. The van der Waals surface area contributed by atoms with Crippen molar-refractivity contribution < 1.29 is 29.2 Å². The number of rotatable bonds is 1. The Labute approximate surface area is 67.8 Å². The van der Waals surface area contributed by atoms with Gasteiger partial charge in [-0.3, -0.25) is 0 Å². The quantitative estimate of drug-likeness (QED) is 0.330. The lowest BCUT2D eigenvalue weighted by molar-refractivity contribution is -1.12. The lowest BCUT2D eigenvalue weighted by atomic mass is 10.4. The van der Waals surface area contributed by atoms with E-state index in [9.17, 15) is 19.6 Å². The van der Waals surface area contributed by atoms with Gasteiger partial charge in [0.15, 0.2) is 0 Å². The first kappa shape index (κ1) is 8.82. The summed E-state index contributed by atoms with van der Waals surface area (Å²) in [5.41, 5.74) is 0. The minimum Gasteiger partial charge on any atom is -0.246 e. The van der Waals surface area contributed by atoms with Crippen LogP contribution in [-0.4, -0.2) is 27.8 Å². The van der Waals surface area contributed by atoms with Crippen molar-refractivity contribution in [3.05, 3.63) is 0 Å². The van der Waals surface area contributed by atoms with Crippen molar-refractivity contribution in [3.8, 4) is 0 Å². The average Bonchev–Trinajstić information content (AvgIpc) is 2.16. The molecule has 6 heteroatoms. The number of imide groups is 1. The third kappa shape index (κ3) is 1.21. The van der Waals surface area contributed by atoms with E-state index in [-0.39, 0.29) is 12.8 Å². The molecule has 1 aliphatic heterocycles. The third-order valence-electron chi connectivity index (χ3n) is 1.49. The highest BCUT2D eigenvalue weighted by molar-refractivity contribution is 5.90. The molecule has 0 atom stereocenters. The van der Waals surface area contributed by atoms with Crippen LogP contribution in [0.4, 0.5) is 0 Å². The van der Waals surface area contributed by atoms with Gasteiger partial charge in [0.2, 0.25) is 0 Å². The standard InChI is InChI=1S/C6H8NO5/c1-4(8)12-7(11)5(9)2-3-6(7)10/h11H,2-3H2,1H3/q+1. The van der Waals surface area contributed by atoms with Gasteiger partial charge in [0.25, 0.3) is 0 Å². The fourth-order valence-corrected chi connectivity index (χ4v) is 0.944. The zero-order valence-electron chi connectivity index (χ0n) is 6.44. The van der Waals surface area contributed by atoms with Crippen LogP contribution in [0.5, 0.6) is 0 Å². The second kappa shape index (κ2) is 2.65. The van der Waals surface area contributed by atoms with E-state index in [1.807, 2.05) is 0 Å². The summed E-state index contributed by atoms with van der Waals surface area (Å²) in [6.45, 7) is 1.01. The molecule has 0 saturated carbocycles. The molecule has 1 saturated heterocycles. The van der Waals surface area contributed by atoms with Crippen LogP contribution in [0, 0.1) is 0 Å². The van der Waals surface area contributed by atoms with Crippen LogP contribution < -0.4 is 0 Å². The van der Waals surface area contributed by atoms with Crippen LogP contribution in [0.3, 0.4) is 0 Å². The first-order chi connectivity index (χ1) is 5.47. The Morgan fingerprint density at radius 3 is 2.17 bits per heavy atom. The summed E-state index contributed by atoms with van der Waals surface area (Å²) in [5.74, 6) is -2.49. The van der Waals surface area contributed by atoms with Crippen LogP contribution >= 0.6 is 0 Å². The zero-order chi connectivity index (χ0) is 9.35. The van der Waals surface area contributed by atoms with Crippen molar-refractivity contribution in [2.24, 2.45) is 0 Å². The SMILES string of the molecule is CC(=O)O[N+]1(O)C(=O)CCC1=O. The average molecular weight is 174 g/mol. The predicted molar refractivity (Wildman–Crippen MR) is 33.1 cm³/mol. The molecule has 0 unspecified atom stereocenters. The van der Waals surface area contributed by atoms with Crippen molar-refractivity contribution in [3.63, 3.8) is 0 Å². The van der Waals surface area contributed by atoms with Crippen LogP contribution in [0.15, 0.2) is 0 Å². The highest BCUT2D eigenvalue weighted by Crippen LogP contribution is 2.20. The molecule has 0 aromatic rings. The lowest BCUT2D eigenvalue weighted by Crippen LogP contribution is -2.50. The number of nitrogens with zero attached hydrogens (tertiary/aromatic N) is 1. The van der Waals surface area contributed by atoms with E-state index >= 15 is 0 Å². The maximum absolute atomic E-state index is 10.9. The van der Waals surface area contributed by atoms with E-state index in [1.54, 1.807) is 0 Å². The fourth-order valence-electron chi connectivity index (χ4n) is 0.944. The Kier molecular flexibility index (Phi) is 1.95. The summed E-state index contributed by atoms with van der Waals surface area (Å²) in [5, 5.41) is 9.19. The van der Waals surface area contributed by atoms with Gasteiger partial charge in [-0.15, -0.1) is 0 Å². The second-order valence-corrected chi connectivity index (χ2v) is 2.45. The van der Waals surface area contributed by atoms with Gasteiger partial charge >= 0.3 is 17.8 Å². The second-order valence-electron chi connectivity index (χ2n) is 2.45. The molecule has 0 radical (unpaired) electrons. The van der Waals surface area contributed by atoms with Gasteiger partial charge < -0.3 is 0 Å². The van der Waals surface area contributed by atoms with Crippen molar-refractivity contribution in [1.82, 2.24) is 0 Å². The third-order valence-corrected chi connectivity index (χ3v) is 1.49. The van der Waals surface area contributed by atoms with Gasteiger partial charge in [-0.05, 0) is 0 Å². The minimum atomic E-state index is -1.82. The summed E-state index contributed by atoms with van der Waals surface area (Å²) < 4.78 is 0. The number of carbonyl (C=O) groups is 3. The summed E-state index contributed by atoms with van der Waals surface area (Å²) in [4.78, 5) is 34.5. The molecule has 0 bridgehead atoms. The van der Waals surface area contributed by atoms with E-state index in [0.717, 1.165) is 6.92 Å². The largest absolute Gasteiger partial charge is 0.397 e. The van der Waals surface area contributed by atoms with Gasteiger partial charge in [0.1, 0.15) is 4.81 Å². The topological polar surface area (TPSA) is 80.7 Å². The molecule has 1 heterocycles. The van der Waals surface area contributed by atoms with Gasteiger partial charge in [0.05, 0.1) is 12.8 Å². The zero-order valence-corrected chi connectivity index (χ0v) is 6.44. The molecular weight excluding hydrogens is 166 g/mol. The van der Waals surface area contributed by atoms with Crippen LogP contribution in [0.25, 0.3) is 0 Å². The number of hydrogen-bond donors (Lipinski definition) is 1. The molecule has 2 amide bonds. The van der Waals surface area contributed by atoms with Gasteiger partial charge in [-0.25, -0.2) is 19.2 Å². The number of carbonyl (C=O) groups excluding carboxylic acids is 3. The molecule has 0 aromatic heterocycles. The molecular formula is C6H8NO5+. The molecule has 1 fully saturated rings. The Bertz CT molecular complexity index is 243. The molecule has 12 heavy (non-hydrogen) atoms. The molecule has 66 valence electrons. The first-order valence-electron chi connectivity index (χ1n) is 3.35. The summed E-state index contributed by atoms with van der Waals surface area (Å²) in [6.07, 6.45) is -0.189. The Morgan fingerprint density at radius 2 is 1.83 bits per heavy atom. The van der Waals surface area contributed by atoms with E-state index in [4.69, 9.17) is 0 Å². The van der Waals surface area contributed by atoms with Crippen molar-refractivity contribution in [2.75, 3.05) is 0 Å². The highest BCUT2D eigenvalue weighted by Gasteiger charge is 2.54. The van der Waals surface area contributed by atoms with E-state index in [0.29, 0.717) is 0 Å². The number of hydroxylamine groups is 4. The maximum atomic E-state index is 10.9. The van der Waals surface area contributed by atoms with Crippen LogP contribution in [0.1, 0.15) is 19.8 Å². The maximum Gasteiger partial charge on any atom is 0.397 e. The van der Waals surface area contributed by atoms with Crippen LogP contribution in [-0.2, 0) is 19.2 Å². The predicted octanol–water partition coefficient (Wildman–Crippen LogP) is -0.483. The van der Waals surface area contributed by atoms with E-state index < -0.39 is 22.6 Å². The normalized spacial score (nSPS) is 21.2. The van der Waals surface area contributed by atoms with Gasteiger partial charge in [0, 0.05) is 6.92 Å². The summed E-state index contributed by atoms with van der Waals surface area (Å²) >= 11 is 0. The molecule has 1 N–H and O–H groups in total. The van der Waals surface area contributed by atoms with Gasteiger partial charge in [-0.2, -0.15) is 5.21 Å². The van der Waals surface area contributed by atoms with Crippen LogP contribution in [0.2, 0.25) is 0 Å². The molecule has 1 rings (SSSR count). The van der Waals surface area contributed by atoms with E-state index in [1.165, 1.54) is 0 Å². The molecule has 1 aliphatic rings. The van der Waals surface area contributed by atoms with Crippen molar-refractivity contribution in [1.29, 1.82) is 0 Å². The highest BCUT2D eigenvalue weighted by atomic mass is 17.0. The monoisotopic (exact) mass is 174 g/mol. The number of hydrogen-bond acceptors (Lipinski definition) is 5. The summed E-state index contributed by atoms with van der Waals surface area (Å²) in [7, 11) is 0. The number of amides is 2. The van der Waals surface area contributed by atoms with Crippen molar-refractivity contribution in [2.45, 2.75) is 19.8 Å². The fraction of sp³-hybridized carbons (Fsp3) is 0.500. The minimum absolute atomic E-state index is 0.0946. The smallest absolute Gasteiger partial charge is 0.246 e. The van der Waals surface area contributed by atoms with Crippen molar-refractivity contribution >= 4 is 17.8 Å². The molecule has 6 nitrogen and oxygen atoms in total. The molecule has 0 aromatic carbocycles. The molecule has 0 spiro atoms. The Hall–Kier alpha value is -1.27. The lowest BCUT2D eigenvalue weighted by Gasteiger charge is -2.13. The Morgan fingerprint density at radius 1 is 1.42 bits per heavy atom. The first-order valence-corrected chi connectivity index (χ1v) is 3.35. The van der Waals surface area contributed by atoms with E-state index in [2.05, 4.69) is 4.84 Å². The Balaban J connectivity index is 2.87. The van der Waals surface area contributed by atoms with Gasteiger partial charge in [-0.1, -0.05) is 0 Å². The molecule has 0 aliphatic carbocycles. The number of quaternary nitrogens is 1.